The lowest BCUT2D eigenvalue weighted by atomic mass is 9.89. The van der Waals surface area contributed by atoms with Crippen molar-refractivity contribution in [2.75, 3.05) is 39.4 Å². The molecule has 1 spiro atoms. The smallest absolute Gasteiger partial charge is 0.260 e. The van der Waals surface area contributed by atoms with Gasteiger partial charge in [0.05, 0.1) is 19.7 Å². The van der Waals surface area contributed by atoms with Gasteiger partial charge in [0, 0.05) is 6.04 Å². The molecule has 1 unspecified atom stereocenters. The molecular weight excluding hydrogens is 292 g/mol. The molecule has 0 aliphatic carbocycles. The maximum Gasteiger partial charge on any atom is 0.260 e. The number of carbonyl (C=O) groups excluding carboxylic acids is 1. The van der Waals surface area contributed by atoms with Crippen LogP contribution in [-0.2, 0) is 9.53 Å². The van der Waals surface area contributed by atoms with E-state index in [4.69, 9.17) is 9.47 Å². The van der Waals surface area contributed by atoms with Gasteiger partial charge < -0.3 is 14.4 Å². The van der Waals surface area contributed by atoms with Gasteiger partial charge >= 0.3 is 0 Å². The predicted octanol–water partition coefficient (Wildman–Crippen LogP) is 1.53. The second kappa shape index (κ2) is 6.13. The first kappa shape index (κ1) is 15.0. The Kier molecular flexibility index (Phi) is 3.99. The predicted molar refractivity (Wildman–Crippen MR) is 86.4 cm³/mol. The molecule has 3 fully saturated rings. The lowest BCUT2D eigenvalue weighted by molar-refractivity contribution is -0.159. The fourth-order valence-electron chi connectivity index (χ4n) is 3.96. The molecular formula is C18H24N2O3. The summed E-state index contributed by atoms with van der Waals surface area (Å²) in [5, 5.41) is 0. The Morgan fingerprint density at radius 3 is 2.70 bits per heavy atom. The minimum Gasteiger partial charge on any atom is -0.484 e. The SMILES string of the molecule is O=C(COc1ccccc1)N1CC2(CC(N3CCCC3)CO2)C1. The number of nitrogens with zero attached hydrogens (tertiary/aromatic N) is 2. The van der Waals surface area contributed by atoms with Gasteiger partial charge in [0.2, 0.25) is 0 Å². The Bertz CT molecular complexity index is 551. The van der Waals surface area contributed by atoms with Crippen molar-refractivity contribution >= 4 is 5.91 Å². The van der Waals surface area contributed by atoms with Crippen LogP contribution in [0.2, 0.25) is 0 Å². The molecule has 23 heavy (non-hydrogen) atoms. The minimum atomic E-state index is -0.0876. The van der Waals surface area contributed by atoms with Crippen LogP contribution in [0.4, 0.5) is 0 Å². The molecule has 5 heteroatoms. The second-order valence-corrected chi connectivity index (χ2v) is 6.95. The van der Waals surface area contributed by atoms with Crippen LogP contribution in [-0.4, -0.2) is 66.7 Å². The fourth-order valence-corrected chi connectivity index (χ4v) is 3.96. The zero-order valence-electron chi connectivity index (χ0n) is 13.4. The largest absolute Gasteiger partial charge is 0.484 e. The van der Waals surface area contributed by atoms with Gasteiger partial charge in [-0.2, -0.15) is 0 Å². The highest BCUT2D eigenvalue weighted by Gasteiger charge is 2.52. The highest BCUT2D eigenvalue weighted by atomic mass is 16.5. The number of amides is 1. The van der Waals surface area contributed by atoms with Crippen molar-refractivity contribution in [1.82, 2.24) is 9.80 Å². The molecule has 1 amide bonds. The van der Waals surface area contributed by atoms with E-state index in [0.717, 1.165) is 18.8 Å². The molecule has 0 bridgehead atoms. The van der Waals surface area contributed by atoms with Crippen molar-refractivity contribution in [3.05, 3.63) is 30.3 Å². The van der Waals surface area contributed by atoms with Gasteiger partial charge in [-0.1, -0.05) is 18.2 Å². The Balaban J connectivity index is 1.24. The second-order valence-electron chi connectivity index (χ2n) is 6.95. The van der Waals surface area contributed by atoms with E-state index in [1.807, 2.05) is 35.2 Å². The van der Waals surface area contributed by atoms with Crippen LogP contribution in [0.15, 0.2) is 30.3 Å². The van der Waals surface area contributed by atoms with Crippen molar-refractivity contribution in [2.45, 2.75) is 30.9 Å². The van der Waals surface area contributed by atoms with Gasteiger partial charge in [-0.05, 0) is 44.5 Å². The quantitative estimate of drug-likeness (QED) is 0.845. The summed E-state index contributed by atoms with van der Waals surface area (Å²) in [5.74, 6) is 0.787. The number of hydrogen-bond donors (Lipinski definition) is 0. The van der Waals surface area contributed by atoms with Gasteiger partial charge in [0.25, 0.3) is 5.91 Å². The fraction of sp³-hybridized carbons (Fsp3) is 0.611. The maximum absolute atomic E-state index is 12.2. The van der Waals surface area contributed by atoms with Crippen LogP contribution >= 0.6 is 0 Å². The zero-order valence-corrected chi connectivity index (χ0v) is 13.4. The molecule has 124 valence electrons. The molecule has 0 aromatic heterocycles. The van der Waals surface area contributed by atoms with Gasteiger partial charge in [0.15, 0.2) is 6.61 Å². The number of hydrogen-bond acceptors (Lipinski definition) is 4. The van der Waals surface area contributed by atoms with Crippen molar-refractivity contribution in [1.29, 1.82) is 0 Å². The van der Waals surface area contributed by atoms with Crippen LogP contribution in [0.1, 0.15) is 19.3 Å². The molecule has 3 heterocycles. The summed E-state index contributed by atoms with van der Waals surface area (Å²) >= 11 is 0. The molecule has 3 aliphatic heterocycles. The summed E-state index contributed by atoms with van der Waals surface area (Å²) in [6, 6.07) is 10.0. The number of para-hydroxylation sites is 1. The lowest BCUT2D eigenvalue weighted by Gasteiger charge is -2.47. The first-order valence-corrected chi connectivity index (χ1v) is 8.58. The standard InChI is InChI=1S/C18H24N2O3/c21-17(12-22-16-6-2-1-3-7-16)20-13-18(14-20)10-15(11-23-18)19-8-4-5-9-19/h1-3,6-7,15H,4-5,8-14H2. The highest BCUT2D eigenvalue weighted by molar-refractivity contribution is 5.79. The summed E-state index contributed by atoms with van der Waals surface area (Å²) in [5.41, 5.74) is -0.0876. The Labute approximate surface area is 137 Å². The van der Waals surface area contributed by atoms with Crippen LogP contribution in [0.3, 0.4) is 0 Å². The van der Waals surface area contributed by atoms with E-state index in [2.05, 4.69) is 4.90 Å². The lowest BCUT2D eigenvalue weighted by Crippen LogP contribution is -2.64. The first-order chi connectivity index (χ1) is 11.2. The highest BCUT2D eigenvalue weighted by Crippen LogP contribution is 2.37. The molecule has 1 aromatic rings. The molecule has 0 radical (unpaired) electrons. The molecule has 4 rings (SSSR count). The van der Waals surface area contributed by atoms with Crippen molar-refractivity contribution < 1.29 is 14.3 Å². The van der Waals surface area contributed by atoms with Crippen LogP contribution in [0.5, 0.6) is 5.75 Å². The number of ether oxygens (including phenoxy) is 2. The average Bonchev–Trinajstić information content (AvgIpc) is 3.21. The van der Waals surface area contributed by atoms with Gasteiger partial charge in [-0.15, -0.1) is 0 Å². The van der Waals surface area contributed by atoms with Crippen molar-refractivity contribution in [3.63, 3.8) is 0 Å². The van der Waals surface area contributed by atoms with Crippen LogP contribution in [0, 0.1) is 0 Å². The summed E-state index contributed by atoms with van der Waals surface area (Å²) in [6.45, 7) is 4.77. The summed E-state index contributed by atoms with van der Waals surface area (Å²) in [4.78, 5) is 16.6. The summed E-state index contributed by atoms with van der Waals surface area (Å²) < 4.78 is 11.6. The number of rotatable bonds is 4. The van der Waals surface area contributed by atoms with Gasteiger partial charge in [0.1, 0.15) is 11.4 Å². The van der Waals surface area contributed by atoms with E-state index in [1.165, 1.54) is 25.9 Å². The molecule has 5 nitrogen and oxygen atoms in total. The van der Waals surface area contributed by atoms with E-state index in [1.54, 1.807) is 0 Å². The monoisotopic (exact) mass is 316 g/mol. The first-order valence-electron chi connectivity index (χ1n) is 8.58. The van der Waals surface area contributed by atoms with E-state index in [0.29, 0.717) is 19.1 Å². The normalized spacial score (nSPS) is 26.4. The third-order valence-electron chi connectivity index (χ3n) is 5.26. The minimum absolute atomic E-state index is 0.0488. The third-order valence-corrected chi connectivity index (χ3v) is 5.26. The van der Waals surface area contributed by atoms with E-state index in [-0.39, 0.29) is 18.1 Å². The van der Waals surface area contributed by atoms with Crippen molar-refractivity contribution in [2.24, 2.45) is 0 Å². The maximum atomic E-state index is 12.2. The third kappa shape index (κ3) is 3.08. The van der Waals surface area contributed by atoms with E-state index in [9.17, 15) is 4.79 Å². The Morgan fingerprint density at radius 2 is 1.96 bits per heavy atom. The molecule has 3 aliphatic rings. The van der Waals surface area contributed by atoms with Crippen LogP contribution < -0.4 is 4.74 Å². The molecule has 1 aromatic carbocycles. The summed E-state index contributed by atoms with van der Waals surface area (Å²) in [7, 11) is 0. The average molecular weight is 316 g/mol. The van der Waals surface area contributed by atoms with E-state index >= 15 is 0 Å². The van der Waals surface area contributed by atoms with Crippen molar-refractivity contribution in [3.8, 4) is 5.75 Å². The molecule has 3 saturated heterocycles. The molecule has 0 saturated carbocycles. The number of likely N-dealkylation sites (tertiary alicyclic amines) is 2. The van der Waals surface area contributed by atoms with Gasteiger partial charge in [-0.3, -0.25) is 9.69 Å². The zero-order chi connectivity index (χ0) is 15.7. The van der Waals surface area contributed by atoms with Crippen LogP contribution in [0.25, 0.3) is 0 Å². The number of benzene rings is 1. The topological polar surface area (TPSA) is 42.0 Å². The molecule has 1 atom stereocenters. The Hall–Kier alpha value is -1.59. The number of carbonyl (C=O) groups is 1. The van der Waals surface area contributed by atoms with Gasteiger partial charge in [-0.25, -0.2) is 0 Å². The Morgan fingerprint density at radius 1 is 1.22 bits per heavy atom. The van der Waals surface area contributed by atoms with E-state index < -0.39 is 0 Å². The summed E-state index contributed by atoms with van der Waals surface area (Å²) in [6.07, 6.45) is 3.69. The molecule has 0 N–H and O–H groups in total.